The zero-order valence-corrected chi connectivity index (χ0v) is 12.5. The summed E-state index contributed by atoms with van der Waals surface area (Å²) >= 11 is 0. The third-order valence-electron chi connectivity index (χ3n) is 2.47. The third kappa shape index (κ3) is 4.37. The molecular formula is C14H17N3O5. The van der Waals surface area contributed by atoms with Crippen molar-refractivity contribution in [1.82, 2.24) is 9.78 Å². The molecule has 8 heteroatoms. The summed E-state index contributed by atoms with van der Waals surface area (Å²) in [5.41, 5.74) is -0.110. The molecule has 118 valence electrons. The number of amides is 1. The molecule has 2 heterocycles. The fourth-order valence-corrected chi connectivity index (χ4v) is 1.67. The van der Waals surface area contributed by atoms with Crippen LogP contribution in [0, 0.1) is 0 Å². The van der Waals surface area contributed by atoms with Crippen molar-refractivity contribution in [2.24, 2.45) is 0 Å². The van der Waals surface area contributed by atoms with Crippen LogP contribution in [0.5, 0.6) is 0 Å². The first-order chi connectivity index (χ1) is 10.2. The molecule has 1 amide bonds. The van der Waals surface area contributed by atoms with E-state index in [1.807, 2.05) is 0 Å². The minimum Gasteiger partial charge on any atom is -0.475 e. The lowest BCUT2D eigenvalue weighted by Crippen LogP contribution is -2.27. The Morgan fingerprint density at radius 1 is 1.41 bits per heavy atom. The fraction of sp³-hybridized carbons (Fsp3) is 0.357. The van der Waals surface area contributed by atoms with Crippen molar-refractivity contribution in [2.45, 2.75) is 32.9 Å². The number of hydrogen-bond donors (Lipinski definition) is 2. The summed E-state index contributed by atoms with van der Waals surface area (Å²) in [6.07, 6.45) is 2.48. The van der Waals surface area contributed by atoms with Crippen LogP contribution >= 0.6 is 0 Å². The molecule has 2 aromatic rings. The maximum Gasteiger partial charge on any atom is 0.412 e. The van der Waals surface area contributed by atoms with Crippen LogP contribution in [0.15, 0.2) is 28.9 Å². The summed E-state index contributed by atoms with van der Waals surface area (Å²) < 4.78 is 11.8. The van der Waals surface area contributed by atoms with Gasteiger partial charge in [0.15, 0.2) is 0 Å². The van der Waals surface area contributed by atoms with Crippen molar-refractivity contribution in [3.63, 3.8) is 0 Å². The van der Waals surface area contributed by atoms with E-state index in [0.29, 0.717) is 11.4 Å². The zero-order valence-electron chi connectivity index (χ0n) is 12.5. The van der Waals surface area contributed by atoms with Gasteiger partial charge in [-0.2, -0.15) is 5.10 Å². The Balaban J connectivity index is 1.96. The number of carboxylic acids is 1. The molecule has 0 bridgehead atoms. The first-order valence-corrected chi connectivity index (χ1v) is 6.57. The number of rotatable bonds is 4. The third-order valence-corrected chi connectivity index (χ3v) is 2.47. The molecule has 0 radical (unpaired) electrons. The number of carboxylic acid groups (broad SMARTS) is 1. The predicted molar refractivity (Wildman–Crippen MR) is 76.9 cm³/mol. The van der Waals surface area contributed by atoms with Gasteiger partial charge in [-0.05, 0) is 32.9 Å². The highest BCUT2D eigenvalue weighted by atomic mass is 16.6. The highest BCUT2D eigenvalue weighted by Crippen LogP contribution is 2.13. The topological polar surface area (TPSA) is 107 Å². The number of nitrogens with zero attached hydrogens (tertiary/aromatic N) is 2. The molecule has 0 saturated heterocycles. The average Bonchev–Trinajstić information content (AvgIpc) is 2.97. The molecule has 0 saturated carbocycles. The van der Waals surface area contributed by atoms with E-state index in [1.54, 1.807) is 33.0 Å². The summed E-state index contributed by atoms with van der Waals surface area (Å²) in [5, 5.41) is 15.4. The van der Waals surface area contributed by atoms with Gasteiger partial charge in [-0.1, -0.05) is 0 Å². The number of ether oxygens (including phenoxy) is 1. The molecule has 0 atom stereocenters. The largest absolute Gasteiger partial charge is 0.475 e. The van der Waals surface area contributed by atoms with Gasteiger partial charge < -0.3 is 14.3 Å². The maximum atomic E-state index is 11.6. The van der Waals surface area contributed by atoms with E-state index in [1.165, 1.54) is 16.9 Å². The Kier molecular flexibility index (Phi) is 4.20. The number of carbonyl (C=O) groups excluding carboxylic acids is 1. The number of nitrogens with one attached hydrogen (secondary N) is 1. The molecule has 0 fully saturated rings. The van der Waals surface area contributed by atoms with Crippen LogP contribution in [-0.2, 0) is 11.3 Å². The second kappa shape index (κ2) is 5.92. The van der Waals surface area contributed by atoms with E-state index in [9.17, 15) is 9.59 Å². The van der Waals surface area contributed by atoms with Crippen molar-refractivity contribution in [2.75, 3.05) is 5.32 Å². The van der Waals surface area contributed by atoms with Gasteiger partial charge in [0, 0.05) is 6.20 Å². The molecule has 22 heavy (non-hydrogen) atoms. The van der Waals surface area contributed by atoms with Gasteiger partial charge >= 0.3 is 12.1 Å². The molecular weight excluding hydrogens is 290 g/mol. The van der Waals surface area contributed by atoms with Crippen molar-refractivity contribution >= 4 is 17.7 Å². The molecule has 2 rings (SSSR count). The maximum absolute atomic E-state index is 11.6. The van der Waals surface area contributed by atoms with Crippen LogP contribution in [-0.4, -0.2) is 32.6 Å². The summed E-state index contributed by atoms with van der Waals surface area (Å²) in [4.78, 5) is 22.3. The molecule has 0 aliphatic carbocycles. The highest BCUT2D eigenvalue weighted by molar-refractivity contribution is 5.84. The number of aromatic carboxylic acids is 1. The van der Waals surface area contributed by atoms with Gasteiger partial charge in [-0.15, -0.1) is 0 Å². The molecule has 0 unspecified atom stereocenters. The average molecular weight is 307 g/mol. The molecule has 0 aliphatic rings. The Hall–Kier alpha value is -2.77. The second-order valence-corrected chi connectivity index (χ2v) is 5.62. The fourth-order valence-electron chi connectivity index (χ4n) is 1.67. The van der Waals surface area contributed by atoms with Crippen molar-refractivity contribution in [3.05, 3.63) is 36.0 Å². The van der Waals surface area contributed by atoms with Crippen LogP contribution in [0.25, 0.3) is 0 Å². The zero-order chi connectivity index (χ0) is 16.3. The molecule has 8 nitrogen and oxygen atoms in total. The molecule has 2 N–H and O–H groups in total. The summed E-state index contributed by atoms with van der Waals surface area (Å²) in [6.45, 7) is 5.57. The Bertz CT molecular complexity index is 681. The van der Waals surface area contributed by atoms with Gasteiger partial charge in [0.2, 0.25) is 5.76 Å². The van der Waals surface area contributed by atoms with Crippen molar-refractivity contribution < 1.29 is 23.8 Å². The summed E-state index contributed by atoms with van der Waals surface area (Å²) in [5.74, 6) is -0.808. The van der Waals surface area contributed by atoms with E-state index in [4.69, 9.17) is 14.3 Å². The van der Waals surface area contributed by atoms with Gasteiger partial charge in [-0.25, -0.2) is 9.59 Å². The number of aromatic nitrogens is 2. The Morgan fingerprint density at radius 2 is 2.14 bits per heavy atom. The van der Waals surface area contributed by atoms with E-state index >= 15 is 0 Å². The van der Waals surface area contributed by atoms with E-state index in [0.717, 1.165) is 0 Å². The van der Waals surface area contributed by atoms with Gasteiger partial charge in [0.1, 0.15) is 11.4 Å². The first kappa shape index (κ1) is 15.6. The van der Waals surface area contributed by atoms with Crippen LogP contribution in [0.1, 0.15) is 37.1 Å². The summed E-state index contributed by atoms with van der Waals surface area (Å²) in [7, 11) is 0. The summed E-state index contributed by atoms with van der Waals surface area (Å²) in [6, 6.07) is 2.94. The van der Waals surface area contributed by atoms with E-state index in [2.05, 4.69) is 10.4 Å². The van der Waals surface area contributed by atoms with E-state index in [-0.39, 0.29) is 12.3 Å². The van der Waals surface area contributed by atoms with Gasteiger partial charge in [-0.3, -0.25) is 10.00 Å². The second-order valence-electron chi connectivity index (χ2n) is 5.62. The molecule has 2 aromatic heterocycles. The number of carbonyl (C=O) groups is 2. The molecule has 0 spiro atoms. The van der Waals surface area contributed by atoms with Crippen LogP contribution in [0.4, 0.5) is 10.5 Å². The van der Waals surface area contributed by atoms with Crippen LogP contribution in [0.2, 0.25) is 0 Å². The van der Waals surface area contributed by atoms with Crippen LogP contribution in [0.3, 0.4) is 0 Å². The van der Waals surface area contributed by atoms with Gasteiger partial charge in [0.25, 0.3) is 0 Å². The normalized spacial score (nSPS) is 11.2. The lowest BCUT2D eigenvalue weighted by Gasteiger charge is -2.19. The number of hydrogen-bond acceptors (Lipinski definition) is 5. The smallest absolute Gasteiger partial charge is 0.412 e. The standard InChI is InChI=1S/C14H17N3O5/c1-14(2,3)22-13(20)16-9-6-15-17(7-9)8-10-4-5-11(21-10)12(18)19/h4-7H,8H2,1-3H3,(H,16,20)(H,18,19). The lowest BCUT2D eigenvalue weighted by atomic mass is 10.2. The molecule has 0 aliphatic heterocycles. The van der Waals surface area contributed by atoms with Crippen molar-refractivity contribution in [3.8, 4) is 0 Å². The number of anilines is 1. The van der Waals surface area contributed by atoms with E-state index < -0.39 is 17.7 Å². The Morgan fingerprint density at radius 3 is 2.73 bits per heavy atom. The number of furan rings is 1. The lowest BCUT2D eigenvalue weighted by molar-refractivity contribution is 0.0632. The first-order valence-electron chi connectivity index (χ1n) is 6.57. The Labute approximate surface area is 126 Å². The minimum absolute atomic E-state index is 0.130. The van der Waals surface area contributed by atoms with Gasteiger partial charge in [0.05, 0.1) is 18.4 Å². The van der Waals surface area contributed by atoms with Crippen LogP contribution < -0.4 is 5.32 Å². The minimum atomic E-state index is -1.13. The SMILES string of the molecule is CC(C)(C)OC(=O)Nc1cnn(Cc2ccc(C(=O)O)o2)c1. The quantitative estimate of drug-likeness (QED) is 0.899. The van der Waals surface area contributed by atoms with Crippen molar-refractivity contribution in [1.29, 1.82) is 0 Å². The highest BCUT2D eigenvalue weighted by Gasteiger charge is 2.17. The predicted octanol–water partition coefficient (Wildman–Crippen LogP) is 2.57. The molecule has 0 aromatic carbocycles. The monoisotopic (exact) mass is 307 g/mol.